The van der Waals surface area contributed by atoms with E-state index in [2.05, 4.69) is 4.98 Å². The van der Waals surface area contributed by atoms with E-state index in [1.165, 1.54) is 29.0 Å². The van der Waals surface area contributed by atoms with Crippen LogP contribution < -0.4 is 4.74 Å². The molecule has 0 N–H and O–H groups in total. The van der Waals surface area contributed by atoms with Gasteiger partial charge in [0, 0.05) is 31.5 Å². The van der Waals surface area contributed by atoms with E-state index >= 15 is 0 Å². The van der Waals surface area contributed by atoms with Crippen LogP contribution >= 0.6 is 11.3 Å². The number of likely N-dealkylation sites (tertiary alicyclic amines) is 1. The summed E-state index contributed by atoms with van der Waals surface area (Å²) in [5.41, 5.74) is 3.81. The maximum Gasteiger partial charge on any atom is 0.274 e. The number of rotatable bonds is 3. The Labute approximate surface area is 161 Å². The van der Waals surface area contributed by atoms with Crippen LogP contribution in [0, 0.1) is 19.7 Å². The lowest BCUT2D eigenvalue weighted by Crippen LogP contribution is -2.41. The number of aromatic nitrogens is 1. The summed E-state index contributed by atoms with van der Waals surface area (Å²) in [5, 5.41) is 0.564. The second-order valence-electron chi connectivity index (χ2n) is 7.00. The molecule has 2 heterocycles. The summed E-state index contributed by atoms with van der Waals surface area (Å²) in [6.45, 7) is 5.39. The SMILES string of the molecule is Cc1ccc(C(=O)N2CCC(Oc3nc4ccc(F)cc4s3)CC2)cc1C. The lowest BCUT2D eigenvalue weighted by molar-refractivity contribution is 0.0595. The molecule has 0 saturated carbocycles. The summed E-state index contributed by atoms with van der Waals surface area (Å²) in [4.78, 5) is 19.0. The van der Waals surface area contributed by atoms with Gasteiger partial charge >= 0.3 is 0 Å². The average molecular weight is 384 g/mol. The molecule has 0 bridgehead atoms. The summed E-state index contributed by atoms with van der Waals surface area (Å²) in [6.07, 6.45) is 1.56. The summed E-state index contributed by atoms with van der Waals surface area (Å²) in [5.74, 6) is -0.192. The zero-order valence-electron chi connectivity index (χ0n) is 15.4. The van der Waals surface area contributed by atoms with E-state index in [0.29, 0.717) is 18.3 Å². The molecule has 1 fully saturated rings. The van der Waals surface area contributed by atoms with Crippen molar-refractivity contribution in [2.75, 3.05) is 13.1 Å². The van der Waals surface area contributed by atoms with E-state index in [-0.39, 0.29) is 17.8 Å². The molecule has 1 aromatic heterocycles. The molecule has 0 spiro atoms. The van der Waals surface area contributed by atoms with Crippen molar-refractivity contribution in [3.05, 3.63) is 58.9 Å². The summed E-state index contributed by atoms with van der Waals surface area (Å²) in [6, 6.07) is 10.4. The van der Waals surface area contributed by atoms with E-state index in [1.807, 2.05) is 36.9 Å². The van der Waals surface area contributed by atoms with Gasteiger partial charge < -0.3 is 9.64 Å². The fraction of sp³-hybridized carbons (Fsp3) is 0.333. The summed E-state index contributed by atoms with van der Waals surface area (Å²) < 4.78 is 20.1. The van der Waals surface area contributed by atoms with Crippen molar-refractivity contribution in [3.63, 3.8) is 0 Å². The van der Waals surface area contributed by atoms with E-state index in [4.69, 9.17) is 4.74 Å². The van der Waals surface area contributed by atoms with Crippen LogP contribution in [0.2, 0.25) is 0 Å². The maximum atomic E-state index is 13.3. The average Bonchev–Trinajstić information content (AvgIpc) is 3.05. The minimum absolute atomic E-state index is 0.0270. The Morgan fingerprint density at radius 2 is 1.93 bits per heavy atom. The number of benzene rings is 2. The topological polar surface area (TPSA) is 42.4 Å². The zero-order valence-corrected chi connectivity index (χ0v) is 16.2. The van der Waals surface area contributed by atoms with Crippen molar-refractivity contribution in [1.82, 2.24) is 9.88 Å². The number of thiazole rings is 1. The number of carbonyl (C=O) groups excluding carboxylic acids is 1. The quantitative estimate of drug-likeness (QED) is 0.655. The second-order valence-corrected chi connectivity index (χ2v) is 7.99. The van der Waals surface area contributed by atoms with Crippen molar-refractivity contribution in [2.24, 2.45) is 0 Å². The fourth-order valence-corrected chi connectivity index (χ4v) is 4.21. The summed E-state index contributed by atoms with van der Waals surface area (Å²) >= 11 is 1.36. The van der Waals surface area contributed by atoms with Crippen LogP contribution in [0.25, 0.3) is 10.2 Å². The number of aryl methyl sites for hydroxylation is 2. The Bertz CT molecular complexity index is 993. The Morgan fingerprint density at radius 3 is 2.67 bits per heavy atom. The van der Waals surface area contributed by atoms with Gasteiger partial charge in [0.05, 0.1) is 10.2 Å². The number of hydrogen-bond donors (Lipinski definition) is 0. The van der Waals surface area contributed by atoms with Crippen molar-refractivity contribution in [3.8, 4) is 5.19 Å². The molecule has 1 saturated heterocycles. The van der Waals surface area contributed by atoms with E-state index in [1.54, 1.807) is 6.07 Å². The van der Waals surface area contributed by atoms with Crippen LogP contribution in [-0.2, 0) is 0 Å². The van der Waals surface area contributed by atoms with Gasteiger partial charge in [-0.1, -0.05) is 17.4 Å². The molecule has 3 aromatic rings. The highest BCUT2D eigenvalue weighted by Crippen LogP contribution is 2.30. The number of halogens is 1. The van der Waals surface area contributed by atoms with Crippen molar-refractivity contribution >= 4 is 27.5 Å². The molecule has 0 radical (unpaired) electrons. The predicted octanol–water partition coefficient (Wildman–Crippen LogP) is 4.74. The largest absolute Gasteiger partial charge is 0.467 e. The van der Waals surface area contributed by atoms with Crippen LogP contribution in [0.3, 0.4) is 0 Å². The van der Waals surface area contributed by atoms with E-state index in [0.717, 1.165) is 34.2 Å². The number of carbonyl (C=O) groups is 1. The standard InChI is InChI=1S/C21H21FN2O2S/c1-13-3-4-15(11-14(13)2)20(25)24-9-7-17(8-10-24)26-21-23-18-6-5-16(22)12-19(18)27-21/h3-6,11-12,17H,7-10H2,1-2H3. The molecule has 140 valence electrons. The fourth-order valence-electron chi connectivity index (χ4n) is 3.30. The number of fused-ring (bicyclic) bond motifs is 1. The first-order valence-corrected chi connectivity index (χ1v) is 9.90. The zero-order chi connectivity index (χ0) is 19.0. The predicted molar refractivity (Wildman–Crippen MR) is 105 cm³/mol. The first-order valence-electron chi connectivity index (χ1n) is 9.09. The van der Waals surface area contributed by atoms with Crippen molar-refractivity contribution in [2.45, 2.75) is 32.8 Å². The smallest absolute Gasteiger partial charge is 0.274 e. The molecule has 0 unspecified atom stereocenters. The minimum atomic E-state index is -0.268. The highest BCUT2D eigenvalue weighted by molar-refractivity contribution is 7.20. The molecule has 6 heteroatoms. The van der Waals surface area contributed by atoms with Gasteiger partial charge in [-0.25, -0.2) is 9.37 Å². The highest BCUT2D eigenvalue weighted by Gasteiger charge is 2.25. The Morgan fingerprint density at radius 1 is 1.15 bits per heavy atom. The van der Waals surface area contributed by atoms with Crippen molar-refractivity contribution in [1.29, 1.82) is 0 Å². The molecule has 0 atom stereocenters. The van der Waals surface area contributed by atoms with Gasteiger partial charge in [-0.2, -0.15) is 0 Å². The minimum Gasteiger partial charge on any atom is -0.467 e. The number of amides is 1. The lowest BCUT2D eigenvalue weighted by atomic mass is 10.0. The van der Waals surface area contributed by atoms with Crippen LogP contribution in [-0.4, -0.2) is 35.0 Å². The third kappa shape index (κ3) is 3.81. The van der Waals surface area contributed by atoms with Crippen LogP contribution in [0.15, 0.2) is 36.4 Å². The van der Waals surface area contributed by atoms with Crippen LogP contribution in [0.1, 0.15) is 34.3 Å². The van der Waals surface area contributed by atoms with Crippen LogP contribution in [0.5, 0.6) is 5.19 Å². The molecule has 0 aliphatic carbocycles. The van der Waals surface area contributed by atoms with Gasteiger partial charge in [-0.15, -0.1) is 0 Å². The van der Waals surface area contributed by atoms with Gasteiger partial charge in [-0.05, 0) is 55.3 Å². The van der Waals surface area contributed by atoms with Crippen molar-refractivity contribution < 1.29 is 13.9 Å². The molecule has 4 nitrogen and oxygen atoms in total. The monoisotopic (exact) mass is 384 g/mol. The van der Waals surface area contributed by atoms with Gasteiger partial charge in [0.25, 0.3) is 11.1 Å². The Kier molecular flexibility index (Phi) is 4.83. The van der Waals surface area contributed by atoms with E-state index < -0.39 is 0 Å². The maximum absolute atomic E-state index is 13.3. The first kappa shape index (κ1) is 17.9. The molecule has 1 aliphatic heterocycles. The Balaban J connectivity index is 1.37. The molecule has 4 rings (SSSR count). The third-order valence-electron chi connectivity index (χ3n) is 5.08. The van der Waals surface area contributed by atoms with Gasteiger partial charge in [0.1, 0.15) is 11.9 Å². The molecular weight excluding hydrogens is 363 g/mol. The third-order valence-corrected chi connectivity index (χ3v) is 5.99. The molecule has 27 heavy (non-hydrogen) atoms. The molecule has 1 aliphatic rings. The first-order chi connectivity index (χ1) is 13.0. The Hall–Kier alpha value is -2.47. The normalized spacial score (nSPS) is 15.3. The highest BCUT2D eigenvalue weighted by atomic mass is 32.1. The molecule has 2 aromatic carbocycles. The number of ether oxygens (including phenoxy) is 1. The number of piperidine rings is 1. The molecular formula is C21H21FN2O2S. The van der Waals surface area contributed by atoms with Crippen LogP contribution in [0.4, 0.5) is 4.39 Å². The lowest BCUT2D eigenvalue weighted by Gasteiger charge is -2.31. The second kappa shape index (κ2) is 7.27. The molecule has 1 amide bonds. The summed E-state index contributed by atoms with van der Waals surface area (Å²) in [7, 11) is 0. The van der Waals surface area contributed by atoms with E-state index in [9.17, 15) is 9.18 Å². The number of nitrogens with zero attached hydrogens (tertiary/aromatic N) is 2. The van der Waals surface area contributed by atoms with Gasteiger partial charge in [0.2, 0.25) is 0 Å². The number of hydrogen-bond acceptors (Lipinski definition) is 4. The van der Waals surface area contributed by atoms with Gasteiger partial charge in [0.15, 0.2) is 0 Å². The van der Waals surface area contributed by atoms with Gasteiger partial charge in [-0.3, -0.25) is 4.79 Å².